The van der Waals surface area contributed by atoms with Gasteiger partial charge in [0.05, 0.1) is 0 Å². The molecule has 0 unspecified atom stereocenters. The van der Waals surface area contributed by atoms with Crippen molar-refractivity contribution in [1.29, 1.82) is 0 Å². The van der Waals surface area contributed by atoms with Gasteiger partial charge in [-0.1, -0.05) is 105 Å². The van der Waals surface area contributed by atoms with Crippen LogP contribution in [-0.2, 0) is 17.1 Å². The first-order valence-corrected chi connectivity index (χ1v) is 7.83. The molecule has 0 atom stereocenters. The van der Waals surface area contributed by atoms with Crippen LogP contribution in [0.15, 0.2) is 0 Å². The van der Waals surface area contributed by atoms with Crippen LogP contribution >= 0.6 is 0 Å². The van der Waals surface area contributed by atoms with Crippen molar-refractivity contribution >= 4 is 0 Å². The second kappa shape index (κ2) is 25.4. The molecule has 0 aromatic rings. The van der Waals surface area contributed by atoms with Gasteiger partial charge in [0.15, 0.2) is 0 Å². The summed E-state index contributed by atoms with van der Waals surface area (Å²) >= 11 is 0. The standard InChI is InChI=1S/2C8H18.Cu/c2*1-3-5-7-8-6-4-2;/h2*3-8H2,1-2H3;. The Labute approximate surface area is 122 Å². The van der Waals surface area contributed by atoms with E-state index in [9.17, 15) is 0 Å². The van der Waals surface area contributed by atoms with Crippen molar-refractivity contribution in [2.75, 3.05) is 0 Å². The van der Waals surface area contributed by atoms with E-state index >= 15 is 0 Å². The quantitative estimate of drug-likeness (QED) is 0.309. The largest absolute Gasteiger partial charge is 0.0654 e. The Hall–Kier alpha value is 0.519. The van der Waals surface area contributed by atoms with Crippen molar-refractivity contribution in [2.45, 2.75) is 105 Å². The first kappa shape index (κ1) is 22.7. The number of unbranched alkanes of at least 4 members (excludes halogenated alkanes) is 10. The van der Waals surface area contributed by atoms with Crippen LogP contribution < -0.4 is 0 Å². The Bertz CT molecular complexity index is 67.5. The third-order valence-corrected chi connectivity index (χ3v) is 2.91. The molecule has 1 radical (unpaired) electrons. The summed E-state index contributed by atoms with van der Waals surface area (Å²) < 4.78 is 0. The Morgan fingerprint density at radius 1 is 0.353 bits per heavy atom. The molecule has 0 heterocycles. The van der Waals surface area contributed by atoms with Gasteiger partial charge in [-0.15, -0.1) is 0 Å². The molecule has 0 aliphatic heterocycles. The Balaban J connectivity index is -0.000000218. The monoisotopic (exact) mass is 291 g/mol. The molecule has 0 fully saturated rings. The van der Waals surface area contributed by atoms with Gasteiger partial charge < -0.3 is 0 Å². The zero-order valence-corrected chi connectivity index (χ0v) is 13.7. The molecular weight excluding hydrogens is 256 g/mol. The van der Waals surface area contributed by atoms with Crippen molar-refractivity contribution in [3.8, 4) is 0 Å². The zero-order chi connectivity index (χ0) is 12.5. The summed E-state index contributed by atoms with van der Waals surface area (Å²) in [7, 11) is 0. The summed E-state index contributed by atoms with van der Waals surface area (Å²) in [4.78, 5) is 0. The zero-order valence-electron chi connectivity index (χ0n) is 12.8. The van der Waals surface area contributed by atoms with Gasteiger partial charge >= 0.3 is 0 Å². The Morgan fingerprint density at radius 3 is 0.647 bits per heavy atom. The van der Waals surface area contributed by atoms with Gasteiger partial charge in [-0.05, 0) is 0 Å². The van der Waals surface area contributed by atoms with Crippen molar-refractivity contribution in [3.05, 3.63) is 0 Å². The molecule has 0 aromatic heterocycles. The fourth-order valence-corrected chi connectivity index (χ4v) is 1.71. The molecule has 0 aliphatic rings. The average molecular weight is 292 g/mol. The fourth-order valence-electron chi connectivity index (χ4n) is 1.71. The minimum atomic E-state index is 0. The van der Waals surface area contributed by atoms with Crippen molar-refractivity contribution in [3.63, 3.8) is 0 Å². The van der Waals surface area contributed by atoms with Gasteiger partial charge in [0.25, 0.3) is 0 Å². The van der Waals surface area contributed by atoms with E-state index in [4.69, 9.17) is 0 Å². The Morgan fingerprint density at radius 2 is 0.529 bits per heavy atom. The van der Waals surface area contributed by atoms with E-state index in [1.807, 2.05) is 0 Å². The SMILES string of the molecule is CCCCCCCC.CCCCCCCC.[Cu]. The number of hydrogen-bond donors (Lipinski definition) is 0. The summed E-state index contributed by atoms with van der Waals surface area (Å²) in [6, 6.07) is 0. The number of rotatable bonds is 10. The van der Waals surface area contributed by atoms with E-state index in [2.05, 4.69) is 27.7 Å². The van der Waals surface area contributed by atoms with Crippen LogP contribution in [0.4, 0.5) is 0 Å². The topological polar surface area (TPSA) is 0 Å². The minimum Gasteiger partial charge on any atom is -0.0654 e. The van der Waals surface area contributed by atoms with Crippen molar-refractivity contribution in [1.82, 2.24) is 0 Å². The minimum absolute atomic E-state index is 0. The molecule has 0 spiro atoms. The third-order valence-electron chi connectivity index (χ3n) is 2.91. The van der Waals surface area contributed by atoms with Crippen LogP contribution in [0.2, 0.25) is 0 Å². The van der Waals surface area contributed by atoms with Gasteiger partial charge in [-0.25, -0.2) is 0 Å². The second-order valence-corrected chi connectivity index (χ2v) is 4.83. The van der Waals surface area contributed by atoms with Crippen LogP contribution in [-0.4, -0.2) is 0 Å². The van der Waals surface area contributed by atoms with Crippen molar-refractivity contribution < 1.29 is 17.1 Å². The van der Waals surface area contributed by atoms with Gasteiger partial charge in [-0.3, -0.25) is 0 Å². The summed E-state index contributed by atoms with van der Waals surface area (Å²) in [5.74, 6) is 0. The maximum Gasteiger partial charge on any atom is 0 e. The Kier molecular flexibility index (Phi) is 33.9. The molecule has 0 rings (SSSR count). The molecular formula is C16H36Cu. The molecule has 1 heteroatoms. The van der Waals surface area contributed by atoms with Crippen molar-refractivity contribution in [2.24, 2.45) is 0 Å². The maximum absolute atomic E-state index is 2.26. The van der Waals surface area contributed by atoms with E-state index in [-0.39, 0.29) is 17.1 Å². The molecule has 111 valence electrons. The summed E-state index contributed by atoms with van der Waals surface area (Å²) in [5, 5.41) is 0. The van der Waals surface area contributed by atoms with E-state index in [0.29, 0.717) is 0 Å². The van der Waals surface area contributed by atoms with Gasteiger partial charge in [-0.2, -0.15) is 0 Å². The summed E-state index contributed by atoms with van der Waals surface area (Å²) in [6.45, 7) is 9.02. The van der Waals surface area contributed by atoms with Crippen LogP contribution in [0.25, 0.3) is 0 Å². The first-order valence-electron chi connectivity index (χ1n) is 7.83. The number of hydrogen-bond acceptors (Lipinski definition) is 0. The second-order valence-electron chi connectivity index (χ2n) is 4.83. The van der Waals surface area contributed by atoms with E-state index < -0.39 is 0 Å². The maximum atomic E-state index is 2.26. The summed E-state index contributed by atoms with van der Waals surface area (Å²) in [6.07, 6.45) is 17.0. The fraction of sp³-hybridized carbons (Fsp3) is 1.00. The molecule has 0 nitrogen and oxygen atoms in total. The smallest absolute Gasteiger partial charge is 0 e. The van der Waals surface area contributed by atoms with Crippen LogP contribution in [0, 0.1) is 0 Å². The molecule has 0 amide bonds. The van der Waals surface area contributed by atoms with Crippen LogP contribution in [0.1, 0.15) is 105 Å². The predicted molar refractivity (Wildman–Crippen MR) is 78.1 cm³/mol. The summed E-state index contributed by atoms with van der Waals surface area (Å²) in [5.41, 5.74) is 0. The first-order chi connectivity index (χ1) is 7.83. The molecule has 0 saturated carbocycles. The predicted octanol–water partition coefficient (Wildman–Crippen LogP) is 6.73. The third kappa shape index (κ3) is 31.5. The van der Waals surface area contributed by atoms with Gasteiger partial charge in [0, 0.05) is 17.1 Å². The average Bonchev–Trinajstić information content (AvgIpc) is 2.31. The molecule has 0 N–H and O–H groups in total. The van der Waals surface area contributed by atoms with E-state index in [1.165, 1.54) is 77.0 Å². The van der Waals surface area contributed by atoms with Gasteiger partial charge in [0.1, 0.15) is 0 Å². The molecule has 0 aliphatic carbocycles. The van der Waals surface area contributed by atoms with Crippen LogP contribution in [0.3, 0.4) is 0 Å². The van der Waals surface area contributed by atoms with Crippen LogP contribution in [0.5, 0.6) is 0 Å². The molecule has 0 saturated heterocycles. The molecule has 17 heavy (non-hydrogen) atoms. The molecule has 0 aromatic carbocycles. The normalized spacial score (nSPS) is 9.18. The molecule has 0 bridgehead atoms. The van der Waals surface area contributed by atoms with E-state index in [1.54, 1.807) is 0 Å². The van der Waals surface area contributed by atoms with Gasteiger partial charge in [0.2, 0.25) is 0 Å². The van der Waals surface area contributed by atoms with E-state index in [0.717, 1.165) is 0 Å².